The number of aryl methyl sites for hydroxylation is 1. The topological polar surface area (TPSA) is 70.2 Å². The second-order valence-electron chi connectivity index (χ2n) is 10.6. The summed E-state index contributed by atoms with van der Waals surface area (Å²) in [6.45, 7) is 1.01. The van der Waals surface area contributed by atoms with Gasteiger partial charge in [0.1, 0.15) is 25.1 Å². The number of amides is 3. The van der Waals surface area contributed by atoms with Gasteiger partial charge in [-0.15, -0.1) is 0 Å². The van der Waals surface area contributed by atoms with Crippen LogP contribution in [0.4, 0.5) is 22.4 Å². The SMILES string of the molecule is Cc1cc(COC(=O)N2C(Cc3ccccc3)CC(=O)N3CC(=O)N(Cc4ccc(F)cc4)CC32)cc(C(F)(F)F)c1. The van der Waals surface area contributed by atoms with E-state index in [0.29, 0.717) is 17.5 Å². The molecule has 2 fully saturated rings. The molecular weight excluding hydrogens is 554 g/mol. The summed E-state index contributed by atoms with van der Waals surface area (Å²) in [5.41, 5.74) is 1.26. The van der Waals surface area contributed by atoms with Crippen molar-refractivity contribution >= 4 is 17.9 Å². The minimum Gasteiger partial charge on any atom is -0.444 e. The van der Waals surface area contributed by atoms with Gasteiger partial charge in [-0.2, -0.15) is 13.2 Å². The molecule has 3 amide bonds. The number of carbonyl (C=O) groups excluding carboxylic acids is 3. The van der Waals surface area contributed by atoms with Gasteiger partial charge >= 0.3 is 12.3 Å². The third kappa shape index (κ3) is 6.56. The van der Waals surface area contributed by atoms with Crippen LogP contribution in [-0.2, 0) is 40.1 Å². The van der Waals surface area contributed by atoms with Gasteiger partial charge in [0.2, 0.25) is 11.8 Å². The fraction of sp³-hybridized carbons (Fsp3) is 0.323. The maximum Gasteiger partial charge on any atom is 0.416 e. The Morgan fingerprint density at radius 3 is 2.33 bits per heavy atom. The molecule has 2 aliphatic heterocycles. The first-order chi connectivity index (χ1) is 20.0. The van der Waals surface area contributed by atoms with Crippen LogP contribution in [-0.4, -0.2) is 57.9 Å². The van der Waals surface area contributed by atoms with E-state index in [1.807, 2.05) is 30.3 Å². The monoisotopic (exact) mass is 583 g/mol. The second-order valence-corrected chi connectivity index (χ2v) is 10.6. The molecule has 0 aromatic heterocycles. The van der Waals surface area contributed by atoms with Crippen molar-refractivity contribution in [1.29, 1.82) is 0 Å². The minimum absolute atomic E-state index is 0.00892. The number of halogens is 4. The van der Waals surface area contributed by atoms with E-state index in [1.165, 1.54) is 39.8 Å². The van der Waals surface area contributed by atoms with Gasteiger partial charge in [-0.05, 0) is 54.3 Å². The van der Waals surface area contributed by atoms with Gasteiger partial charge < -0.3 is 14.5 Å². The number of fused-ring (bicyclic) bond motifs is 1. The van der Waals surface area contributed by atoms with Crippen molar-refractivity contribution in [2.75, 3.05) is 13.1 Å². The summed E-state index contributed by atoms with van der Waals surface area (Å²) in [6.07, 6.45) is -5.92. The second kappa shape index (κ2) is 11.8. The van der Waals surface area contributed by atoms with E-state index in [0.717, 1.165) is 17.7 Å². The van der Waals surface area contributed by atoms with Crippen LogP contribution in [0.25, 0.3) is 0 Å². The van der Waals surface area contributed by atoms with Crippen molar-refractivity contribution in [3.63, 3.8) is 0 Å². The molecule has 11 heteroatoms. The summed E-state index contributed by atoms with van der Waals surface area (Å²) >= 11 is 0. The molecule has 5 rings (SSSR count). The molecule has 2 saturated heterocycles. The third-order valence-electron chi connectivity index (χ3n) is 7.49. The summed E-state index contributed by atoms with van der Waals surface area (Å²) in [4.78, 5) is 44.2. The van der Waals surface area contributed by atoms with Gasteiger partial charge in [-0.1, -0.05) is 54.1 Å². The lowest BCUT2D eigenvalue weighted by Gasteiger charge is -2.51. The molecule has 42 heavy (non-hydrogen) atoms. The van der Waals surface area contributed by atoms with Gasteiger partial charge in [0.25, 0.3) is 0 Å². The number of alkyl halides is 3. The van der Waals surface area contributed by atoms with E-state index in [4.69, 9.17) is 4.74 Å². The zero-order valence-electron chi connectivity index (χ0n) is 22.8. The Morgan fingerprint density at radius 2 is 1.64 bits per heavy atom. The predicted octanol–water partition coefficient (Wildman–Crippen LogP) is 5.30. The molecule has 0 spiro atoms. The normalized spacial score (nSPS) is 19.1. The van der Waals surface area contributed by atoms with E-state index in [9.17, 15) is 31.9 Å². The molecule has 3 aromatic carbocycles. The summed E-state index contributed by atoms with van der Waals surface area (Å²) in [7, 11) is 0. The molecule has 220 valence electrons. The zero-order valence-corrected chi connectivity index (χ0v) is 22.8. The lowest BCUT2D eigenvalue weighted by atomic mass is 9.96. The fourth-order valence-corrected chi connectivity index (χ4v) is 5.52. The molecule has 0 radical (unpaired) electrons. The van der Waals surface area contributed by atoms with Crippen LogP contribution in [0.2, 0.25) is 0 Å². The Morgan fingerprint density at radius 1 is 0.929 bits per heavy atom. The van der Waals surface area contributed by atoms with Crippen LogP contribution >= 0.6 is 0 Å². The molecule has 0 aliphatic carbocycles. The number of benzene rings is 3. The Labute approximate surface area is 240 Å². The smallest absolute Gasteiger partial charge is 0.416 e. The van der Waals surface area contributed by atoms with E-state index in [-0.39, 0.29) is 43.4 Å². The number of carbonyl (C=O) groups is 3. The molecule has 0 bridgehead atoms. The number of ether oxygens (including phenoxy) is 1. The third-order valence-corrected chi connectivity index (χ3v) is 7.49. The molecular formula is C31H29F4N3O4. The van der Waals surface area contributed by atoms with Crippen molar-refractivity contribution in [1.82, 2.24) is 14.7 Å². The van der Waals surface area contributed by atoms with Crippen LogP contribution in [0.3, 0.4) is 0 Å². The van der Waals surface area contributed by atoms with Gasteiger partial charge in [0.05, 0.1) is 12.1 Å². The molecule has 2 atom stereocenters. The summed E-state index contributed by atoms with van der Waals surface area (Å²) < 4.78 is 59.1. The number of hydrogen-bond donors (Lipinski definition) is 0. The standard InChI is InChI=1S/C31H29F4N3O4/c1-20-11-23(13-24(12-20)31(33,34)35)19-42-30(41)38-26(14-21-5-3-2-4-6-21)15-28(39)37-18-29(40)36(17-27(37)38)16-22-7-9-25(32)10-8-22/h2-13,26-27H,14-19H2,1H3. The highest BCUT2D eigenvalue weighted by molar-refractivity contribution is 5.88. The Bertz CT molecular complexity index is 1460. The van der Waals surface area contributed by atoms with E-state index in [2.05, 4.69) is 0 Å². The zero-order chi connectivity index (χ0) is 30.0. The first-order valence-electron chi connectivity index (χ1n) is 13.5. The first-order valence-corrected chi connectivity index (χ1v) is 13.5. The fourth-order valence-electron chi connectivity index (χ4n) is 5.52. The highest BCUT2D eigenvalue weighted by atomic mass is 19.4. The molecule has 0 N–H and O–H groups in total. The minimum atomic E-state index is -4.55. The van der Waals surface area contributed by atoms with E-state index < -0.39 is 42.5 Å². The van der Waals surface area contributed by atoms with Crippen LogP contribution in [0, 0.1) is 12.7 Å². The molecule has 2 aliphatic rings. The van der Waals surface area contributed by atoms with Crippen molar-refractivity contribution in [3.05, 3.63) is 106 Å². The first kappa shape index (κ1) is 29.1. The maximum atomic E-state index is 13.7. The maximum absolute atomic E-state index is 13.7. The van der Waals surface area contributed by atoms with Gasteiger partial charge in [-0.25, -0.2) is 9.18 Å². The molecule has 2 unspecified atom stereocenters. The number of nitrogens with zero attached hydrogens (tertiary/aromatic N) is 3. The Balaban J connectivity index is 1.41. The Hall–Kier alpha value is -4.41. The summed E-state index contributed by atoms with van der Waals surface area (Å²) in [5, 5.41) is 0. The van der Waals surface area contributed by atoms with Gasteiger partial charge in [0, 0.05) is 19.0 Å². The van der Waals surface area contributed by atoms with E-state index >= 15 is 0 Å². The lowest BCUT2D eigenvalue weighted by Crippen LogP contribution is -2.70. The van der Waals surface area contributed by atoms with Crippen LogP contribution in [0.1, 0.15) is 34.2 Å². The summed E-state index contributed by atoms with van der Waals surface area (Å²) in [5.74, 6) is -1.02. The Kier molecular flexibility index (Phi) is 8.20. The number of rotatable bonds is 6. The lowest BCUT2D eigenvalue weighted by molar-refractivity contribution is -0.164. The predicted molar refractivity (Wildman–Crippen MR) is 144 cm³/mol. The van der Waals surface area contributed by atoms with Crippen molar-refractivity contribution in [2.45, 2.75) is 51.3 Å². The van der Waals surface area contributed by atoms with Gasteiger partial charge in [0.15, 0.2) is 0 Å². The number of hydrogen-bond acceptors (Lipinski definition) is 4. The number of piperazine rings is 1. The average molecular weight is 584 g/mol. The summed E-state index contributed by atoms with van der Waals surface area (Å²) in [6, 6.07) is 17.8. The van der Waals surface area contributed by atoms with Crippen molar-refractivity contribution in [2.24, 2.45) is 0 Å². The van der Waals surface area contributed by atoms with Crippen molar-refractivity contribution < 1.29 is 36.7 Å². The van der Waals surface area contributed by atoms with Gasteiger partial charge in [-0.3, -0.25) is 14.5 Å². The van der Waals surface area contributed by atoms with E-state index in [1.54, 1.807) is 12.1 Å². The quantitative estimate of drug-likeness (QED) is 0.369. The molecule has 0 saturated carbocycles. The molecule has 2 heterocycles. The van der Waals surface area contributed by atoms with Crippen molar-refractivity contribution in [3.8, 4) is 0 Å². The molecule has 3 aromatic rings. The van der Waals surface area contributed by atoms with Crippen LogP contribution in [0.15, 0.2) is 72.8 Å². The average Bonchev–Trinajstić information content (AvgIpc) is 2.94. The molecule has 7 nitrogen and oxygen atoms in total. The largest absolute Gasteiger partial charge is 0.444 e. The van der Waals surface area contributed by atoms with Crippen LogP contribution in [0.5, 0.6) is 0 Å². The highest BCUT2D eigenvalue weighted by Gasteiger charge is 2.47. The highest BCUT2D eigenvalue weighted by Crippen LogP contribution is 2.32. The van der Waals surface area contributed by atoms with Crippen LogP contribution < -0.4 is 0 Å².